The Bertz CT molecular complexity index is 1080. The van der Waals surface area contributed by atoms with Gasteiger partial charge in [0.1, 0.15) is 0 Å². The van der Waals surface area contributed by atoms with Gasteiger partial charge in [-0.15, -0.1) is 0 Å². The van der Waals surface area contributed by atoms with Crippen LogP contribution in [-0.2, 0) is 4.79 Å². The van der Waals surface area contributed by atoms with Gasteiger partial charge < -0.3 is 19.4 Å². The molecule has 0 spiro atoms. The number of hydrogen-bond acceptors (Lipinski definition) is 4. The van der Waals surface area contributed by atoms with E-state index in [-0.39, 0.29) is 17.6 Å². The molecule has 1 amide bonds. The summed E-state index contributed by atoms with van der Waals surface area (Å²) >= 11 is 0. The molecule has 1 aliphatic rings. The van der Waals surface area contributed by atoms with Crippen LogP contribution in [0.4, 0.5) is 5.69 Å². The van der Waals surface area contributed by atoms with Crippen molar-refractivity contribution in [3.8, 4) is 17.2 Å². The first-order valence-electron chi connectivity index (χ1n) is 9.36. The second-order valence-electron chi connectivity index (χ2n) is 7.01. The number of carbonyl (C=O) groups excluding carboxylic acids is 2. The second kappa shape index (κ2) is 7.47. The molecule has 148 valence electrons. The number of carbonyl (C=O) groups is 2. The Hall–Kier alpha value is -3.54. The SMILES string of the molecule is COc1cc2c(cc1OC)-n1cccc1C(c1ccc(NC(C)=O)cc1)CC2=O. The van der Waals surface area contributed by atoms with Crippen molar-refractivity contribution in [3.63, 3.8) is 0 Å². The molecule has 2 heterocycles. The summed E-state index contributed by atoms with van der Waals surface area (Å²) in [5.74, 6) is 0.937. The van der Waals surface area contributed by atoms with E-state index >= 15 is 0 Å². The van der Waals surface area contributed by atoms with Gasteiger partial charge in [-0.25, -0.2) is 0 Å². The normalized spacial score (nSPS) is 15.1. The number of anilines is 1. The lowest BCUT2D eigenvalue weighted by Crippen LogP contribution is -2.09. The Balaban J connectivity index is 1.80. The van der Waals surface area contributed by atoms with Gasteiger partial charge in [-0.05, 0) is 35.9 Å². The smallest absolute Gasteiger partial charge is 0.221 e. The van der Waals surface area contributed by atoms with E-state index in [1.54, 1.807) is 20.3 Å². The first-order valence-corrected chi connectivity index (χ1v) is 9.36. The summed E-state index contributed by atoms with van der Waals surface area (Å²) in [6.45, 7) is 1.48. The van der Waals surface area contributed by atoms with Gasteiger partial charge in [0.2, 0.25) is 5.91 Å². The van der Waals surface area contributed by atoms with E-state index in [4.69, 9.17) is 9.47 Å². The van der Waals surface area contributed by atoms with Crippen molar-refractivity contribution < 1.29 is 19.1 Å². The summed E-state index contributed by atoms with van der Waals surface area (Å²) < 4.78 is 12.9. The van der Waals surface area contributed by atoms with Crippen LogP contribution in [-0.4, -0.2) is 30.5 Å². The third kappa shape index (κ3) is 3.38. The zero-order valence-corrected chi connectivity index (χ0v) is 16.6. The number of aromatic nitrogens is 1. The molecule has 1 aromatic heterocycles. The minimum absolute atomic E-state index is 0.0422. The predicted octanol–water partition coefficient (Wildman–Crippen LogP) is 4.17. The zero-order chi connectivity index (χ0) is 20.5. The molecule has 3 aromatic rings. The second-order valence-corrected chi connectivity index (χ2v) is 7.01. The van der Waals surface area contributed by atoms with Crippen LogP contribution in [0.1, 0.15) is 40.9 Å². The number of ketones is 1. The van der Waals surface area contributed by atoms with E-state index < -0.39 is 0 Å². The Labute approximate surface area is 169 Å². The number of nitrogens with zero attached hydrogens (tertiary/aromatic N) is 1. The fourth-order valence-electron chi connectivity index (χ4n) is 3.88. The molecule has 0 saturated carbocycles. The maximum atomic E-state index is 13.2. The van der Waals surface area contributed by atoms with Crippen molar-refractivity contribution in [1.82, 2.24) is 4.57 Å². The van der Waals surface area contributed by atoms with Crippen LogP contribution >= 0.6 is 0 Å². The quantitative estimate of drug-likeness (QED) is 0.726. The molecule has 1 N–H and O–H groups in total. The van der Waals surface area contributed by atoms with Crippen molar-refractivity contribution in [2.75, 3.05) is 19.5 Å². The number of nitrogens with one attached hydrogen (secondary N) is 1. The predicted molar refractivity (Wildman–Crippen MR) is 110 cm³/mol. The lowest BCUT2D eigenvalue weighted by Gasteiger charge is -2.17. The lowest BCUT2D eigenvalue weighted by molar-refractivity contribution is -0.114. The summed E-state index contributed by atoms with van der Waals surface area (Å²) in [5.41, 5.74) is 4.16. The van der Waals surface area contributed by atoms with Gasteiger partial charge in [0.15, 0.2) is 17.3 Å². The summed E-state index contributed by atoms with van der Waals surface area (Å²) in [7, 11) is 3.14. The van der Waals surface area contributed by atoms with Crippen LogP contribution in [0.5, 0.6) is 11.5 Å². The van der Waals surface area contributed by atoms with E-state index in [1.165, 1.54) is 6.92 Å². The van der Waals surface area contributed by atoms with Crippen molar-refractivity contribution in [1.29, 1.82) is 0 Å². The molecule has 0 fully saturated rings. The Morgan fingerprint density at radius 1 is 1.07 bits per heavy atom. The molecule has 29 heavy (non-hydrogen) atoms. The van der Waals surface area contributed by atoms with E-state index in [1.807, 2.05) is 53.2 Å². The molecule has 0 saturated heterocycles. The van der Waals surface area contributed by atoms with Gasteiger partial charge in [-0.3, -0.25) is 9.59 Å². The summed E-state index contributed by atoms with van der Waals surface area (Å²) in [6, 6.07) is 15.2. The van der Waals surface area contributed by atoms with Gasteiger partial charge in [-0.2, -0.15) is 0 Å². The first-order chi connectivity index (χ1) is 14.0. The molecule has 1 unspecified atom stereocenters. The molecule has 6 heteroatoms. The number of ether oxygens (including phenoxy) is 2. The molecule has 6 nitrogen and oxygen atoms in total. The summed E-state index contributed by atoms with van der Waals surface area (Å²) in [6.07, 6.45) is 2.29. The maximum Gasteiger partial charge on any atom is 0.221 e. The fraction of sp³-hybridized carbons (Fsp3) is 0.217. The van der Waals surface area contributed by atoms with Crippen molar-refractivity contribution in [2.45, 2.75) is 19.3 Å². The van der Waals surface area contributed by atoms with E-state index in [2.05, 4.69) is 5.32 Å². The lowest BCUT2D eigenvalue weighted by atomic mass is 9.90. The van der Waals surface area contributed by atoms with Crippen LogP contribution in [0.3, 0.4) is 0 Å². The molecule has 0 bridgehead atoms. The number of fused-ring (bicyclic) bond motifs is 3. The van der Waals surface area contributed by atoms with Gasteiger partial charge in [0, 0.05) is 48.5 Å². The minimum atomic E-state index is -0.116. The molecule has 0 aliphatic carbocycles. The van der Waals surface area contributed by atoms with Crippen LogP contribution in [0.15, 0.2) is 54.7 Å². The van der Waals surface area contributed by atoms with Crippen LogP contribution in [0.2, 0.25) is 0 Å². The average Bonchev–Trinajstić information content (AvgIpc) is 3.16. The maximum absolute atomic E-state index is 13.2. The Morgan fingerprint density at radius 3 is 2.41 bits per heavy atom. The number of methoxy groups -OCH3 is 2. The fourth-order valence-corrected chi connectivity index (χ4v) is 3.88. The molecule has 1 aliphatic heterocycles. The zero-order valence-electron chi connectivity index (χ0n) is 16.6. The highest BCUT2D eigenvalue weighted by Gasteiger charge is 2.29. The standard InChI is InChI=1S/C23H22N2O4/c1-14(26)24-16-8-6-15(7-9-16)17-11-21(27)18-12-22(28-2)23(29-3)13-20(18)25-10-4-5-19(17)25/h4-10,12-13,17H,11H2,1-3H3,(H,24,26). The van der Waals surface area contributed by atoms with E-state index in [0.29, 0.717) is 23.5 Å². The molecular weight excluding hydrogens is 368 g/mol. The summed E-state index contributed by atoms with van der Waals surface area (Å²) in [4.78, 5) is 24.4. The Kier molecular flexibility index (Phi) is 4.84. The number of hydrogen-bond donors (Lipinski definition) is 1. The van der Waals surface area contributed by atoms with E-state index in [0.717, 1.165) is 22.6 Å². The molecule has 2 aromatic carbocycles. The summed E-state index contributed by atoms with van der Waals surface area (Å²) in [5, 5.41) is 2.77. The van der Waals surface area contributed by atoms with Gasteiger partial charge in [-0.1, -0.05) is 12.1 Å². The van der Waals surface area contributed by atoms with E-state index in [9.17, 15) is 9.59 Å². The third-order valence-corrected chi connectivity index (χ3v) is 5.22. The highest BCUT2D eigenvalue weighted by molar-refractivity contribution is 6.01. The Morgan fingerprint density at radius 2 is 1.76 bits per heavy atom. The first kappa shape index (κ1) is 18.8. The molecule has 1 atom stereocenters. The monoisotopic (exact) mass is 390 g/mol. The minimum Gasteiger partial charge on any atom is -0.493 e. The largest absolute Gasteiger partial charge is 0.493 e. The van der Waals surface area contributed by atoms with Crippen molar-refractivity contribution in [3.05, 3.63) is 71.5 Å². The van der Waals surface area contributed by atoms with Gasteiger partial charge in [0.05, 0.1) is 19.9 Å². The number of Topliss-reactive ketones (excluding diaryl/α,β-unsaturated/α-hetero) is 1. The van der Waals surface area contributed by atoms with Crippen LogP contribution < -0.4 is 14.8 Å². The van der Waals surface area contributed by atoms with Crippen LogP contribution in [0, 0.1) is 0 Å². The number of amides is 1. The highest BCUT2D eigenvalue weighted by Crippen LogP contribution is 2.40. The van der Waals surface area contributed by atoms with Gasteiger partial charge >= 0.3 is 0 Å². The molecular formula is C23H22N2O4. The highest BCUT2D eigenvalue weighted by atomic mass is 16.5. The van der Waals surface area contributed by atoms with Crippen LogP contribution in [0.25, 0.3) is 5.69 Å². The van der Waals surface area contributed by atoms with Gasteiger partial charge in [0.25, 0.3) is 0 Å². The van der Waals surface area contributed by atoms with Crippen molar-refractivity contribution in [2.24, 2.45) is 0 Å². The number of rotatable bonds is 4. The number of benzene rings is 2. The van der Waals surface area contributed by atoms with Crippen molar-refractivity contribution >= 4 is 17.4 Å². The molecule has 0 radical (unpaired) electrons. The average molecular weight is 390 g/mol. The topological polar surface area (TPSA) is 69.6 Å². The third-order valence-electron chi connectivity index (χ3n) is 5.22. The molecule has 4 rings (SSSR count).